The molecule has 0 saturated heterocycles. The molecular weight excluding hydrogens is 537 g/mol. The molecule has 0 bridgehead atoms. The zero-order valence-corrected chi connectivity index (χ0v) is 14.3. The smallest absolute Gasteiger partial charge is 0.337 e. The van der Waals surface area contributed by atoms with Crippen molar-refractivity contribution in [1.82, 2.24) is 0 Å². The van der Waals surface area contributed by atoms with Crippen LogP contribution in [0.5, 0.6) is 0 Å². The number of carbonyl (C=O) groups excluding carboxylic acids is 1. The first-order chi connectivity index (χ1) is 6.56. The van der Waals surface area contributed by atoms with Crippen LogP contribution in [0.3, 0.4) is 0 Å². The van der Waals surface area contributed by atoms with Gasteiger partial charge in [-0.15, -0.1) is 0 Å². The van der Waals surface area contributed by atoms with E-state index < -0.39 is 0 Å². The third-order valence-corrected chi connectivity index (χ3v) is 6.49. The van der Waals surface area contributed by atoms with E-state index in [0.717, 1.165) is 7.14 Å². The van der Waals surface area contributed by atoms with Crippen LogP contribution in [0.2, 0.25) is 0 Å². The molecule has 0 fully saturated rings. The first-order valence-electron chi connectivity index (χ1n) is 3.52. The summed E-state index contributed by atoms with van der Waals surface area (Å²) in [5, 5.41) is 0. The van der Waals surface area contributed by atoms with Crippen LogP contribution in [0.25, 0.3) is 0 Å². The van der Waals surface area contributed by atoms with E-state index in [4.69, 9.17) is 4.74 Å². The number of hydrogen-bond donors (Lipinski definition) is 0. The summed E-state index contributed by atoms with van der Waals surface area (Å²) in [6.45, 7) is 0. The molecule has 14 heavy (non-hydrogen) atoms. The van der Waals surface area contributed by atoms with Crippen molar-refractivity contribution < 1.29 is 9.53 Å². The second kappa shape index (κ2) is 5.99. The third kappa shape index (κ3) is 3.30. The normalized spacial score (nSPS) is 10.0. The second-order valence-corrected chi connectivity index (χ2v) is 6.02. The summed E-state index contributed by atoms with van der Waals surface area (Å²) in [5.41, 5.74) is 0.595. The molecular formula is C8H4I3O2Si. The van der Waals surface area contributed by atoms with Crippen LogP contribution in [0, 0.1) is 10.7 Å². The Morgan fingerprint density at radius 3 is 2.21 bits per heavy atom. The average molecular weight is 541 g/mol. The highest BCUT2D eigenvalue weighted by molar-refractivity contribution is 14.1. The van der Waals surface area contributed by atoms with E-state index in [-0.39, 0.29) is 12.2 Å². The molecule has 0 aliphatic rings. The van der Waals surface area contributed by atoms with Crippen LogP contribution in [-0.4, -0.2) is 22.4 Å². The Bertz CT molecular complexity index is 345. The highest BCUT2D eigenvalue weighted by atomic mass is 127. The van der Waals surface area contributed by atoms with E-state index >= 15 is 0 Å². The van der Waals surface area contributed by atoms with E-state index in [1.54, 1.807) is 0 Å². The van der Waals surface area contributed by atoms with E-state index in [9.17, 15) is 4.79 Å². The maximum Gasteiger partial charge on any atom is 0.337 e. The monoisotopic (exact) mass is 541 g/mol. The van der Waals surface area contributed by atoms with Crippen molar-refractivity contribution in [2.24, 2.45) is 0 Å². The van der Waals surface area contributed by atoms with Crippen LogP contribution in [0.15, 0.2) is 12.1 Å². The minimum atomic E-state index is -0.299. The standard InChI is InChI=1S/C8H4I3O2Si/c9-5-1-4(8(12)13-3-14)2-6(10)7(5)11/h1-2H,3H2. The molecule has 0 aromatic heterocycles. The minimum absolute atomic E-state index is 0.220. The Morgan fingerprint density at radius 2 is 1.79 bits per heavy atom. The Hall–Kier alpha value is 1.10. The fourth-order valence-electron chi connectivity index (χ4n) is 0.822. The molecule has 1 rings (SSSR count). The van der Waals surface area contributed by atoms with Crippen LogP contribution in [0.4, 0.5) is 0 Å². The number of rotatable bonds is 2. The maximum atomic E-state index is 11.4. The van der Waals surface area contributed by atoms with Crippen LogP contribution in [0.1, 0.15) is 10.4 Å². The molecule has 0 heterocycles. The van der Waals surface area contributed by atoms with Crippen molar-refractivity contribution in [3.8, 4) is 0 Å². The van der Waals surface area contributed by atoms with Crippen molar-refractivity contribution in [2.75, 3.05) is 6.23 Å². The second-order valence-electron chi connectivity index (χ2n) is 2.33. The predicted octanol–water partition coefficient (Wildman–Crippen LogP) is 2.78. The van der Waals surface area contributed by atoms with Gasteiger partial charge in [-0.25, -0.2) is 4.79 Å². The van der Waals surface area contributed by atoms with Gasteiger partial charge in [-0.2, -0.15) is 0 Å². The van der Waals surface area contributed by atoms with Gasteiger partial charge in [-0.1, -0.05) is 0 Å². The SMILES string of the molecule is O=C(OC[Si])c1cc(I)c(I)c(I)c1. The van der Waals surface area contributed by atoms with Crippen LogP contribution < -0.4 is 0 Å². The lowest BCUT2D eigenvalue weighted by Gasteiger charge is -2.05. The molecule has 0 spiro atoms. The van der Waals surface area contributed by atoms with Crippen molar-refractivity contribution in [3.05, 3.63) is 28.4 Å². The highest BCUT2D eigenvalue weighted by Gasteiger charge is 2.11. The molecule has 0 saturated carbocycles. The lowest BCUT2D eigenvalue weighted by molar-refractivity contribution is 0.0573. The highest BCUT2D eigenvalue weighted by Crippen LogP contribution is 2.23. The summed E-state index contributed by atoms with van der Waals surface area (Å²) >= 11 is 6.66. The summed E-state index contributed by atoms with van der Waals surface area (Å²) in [5.74, 6) is -0.299. The molecule has 3 radical (unpaired) electrons. The van der Waals surface area contributed by atoms with Gasteiger partial charge in [-0.05, 0) is 79.9 Å². The largest absolute Gasteiger partial charge is 0.467 e. The van der Waals surface area contributed by atoms with Gasteiger partial charge in [-0.3, -0.25) is 0 Å². The van der Waals surface area contributed by atoms with E-state index in [1.807, 2.05) is 12.1 Å². The van der Waals surface area contributed by atoms with Crippen molar-refractivity contribution >= 4 is 84.0 Å². The Morgan fingerprint density at radius 1 is 1.29 bits per heavy atom. The summed E-state index contributed by atoms with van der Waals surface area (Å²) < 4.78 is 8.14. The minimum Gasteiger partial charge on any atom is -0.467 e. The van der Waals surface area contributed by atoms with Gasteiger partial charge >= 0.3 is 5.97 Å². The number of hydrogen-bond acceptors (Lipinski definition) is 2. The molecule has 0 amide bonds. The van der Waals surface area contributed by atoms with E-state index in [1.165, 1.54) is 3.57 Å². The number of benzene rings is 1. The molecule has 73 valence electrons. The average Bonchev–Trinajstić information content (AvgIpc) is 2.13. The molecule has 0 unspecified atom stereocenters. The number of halogens is 3. The molecule has 2 nitrogen and oxygen atoms in total. The maximum absolute atomic E-state index is 11.4. The lowest BCUT2D eigenvalue weighted by Crippen LogP contribution is -2.07. The van der Waals surface area contributed by atoms with Crippen molar-refractivity contribution in [3.63, 3.8) is 0 Å². The molecule has 1 aromatic rings. The van der Waals surface area contributed by atoms with Gasteiger partial charge in [0, 0.05) is 10.7 Å². The molecule has 0 aliphatic carbocycles. The van der Waals surface area contributed by atoms with Crippen molar-refractivity contribution in [1.29, 1.82) is 0 Å². The molecule has 0 aliphatic heterocycles. The first kappa shape index (κ1) is 13.2. The summed E-state index contributed by atoms with van der Waals surface area (Å²) in [6, 6.07) is 3.66. The predicted molar refractivity (Wildman–Crippen MR) is 80.6 cm³/mol. The van der Waals surface area contributed by atoms with Crippen molar-refractivity contribution in [2.45, 2.75) is 0 Å². The molecule has 1 aromatic carbocycles. The lowest BCUT2D eigenvalue weighted by atomic mass is 10.2. The first-order valence-corrected chi connectivity index (χ1v) is 7.47. The topological polar surface area (TPSA) is 26.3 Å². The van der Waals surface area contributed by atoms with Crippen LogP contribution >= 0.6 is 67.8 Å². The van der Waals surface area contributed by atoms with Gasteiger partial charge < -0.3 is 4.74 Å². The fourth-order valence-corrected chi connectivity index (χ4v) is 3.03. The molecule has 0 atom stereocenters. The van der Waals surface area contributed by atoms with Gasteiger partial charge in [0.05, 0.1) is 22.0 Å². The fraction of sp³-hybridized carbons (Fsp3) is 0.125. The number of ether oxygens (including phenoxy) is 1. The van der Waals surface area contributed by atoms with Gasteiger partial charge in [0.1, 0.15) is 0 Å². The summed E-state index contributed by atoms with van der Waals surface area (Å²) in [6.07, 6.45) is 0.220. The zero-order chi connectivity index (χ0) is 10.7. The molecule has 0 N–H and O–H groups in total. The quantitative estimate of drug-likeness (QED) is 0.250. The Balaban J connectivity index is 3.06. The van der Waals surface area contributed by atoms with E-state index in [0.29, 0.717) is 5.56 Å². The molecule has 6 heteroatoms. The number of carbonyl (C=O) groups is 1. The summed E-state index contributed by atoms with van der Waals surface area (Å²) in [7, 11) is 3.10. The van der Waals surface area contributed by atoms with Gasteiger partial charge in [0.15, 0.2) is 0 Å². The Kier molecular flexibility index (Phi) is 5.63. The van der Waals surface area contributed by atoms with Crippen LogP contribution in [-0.2, 0) is 4.74 Å². The number of esters is 1. The summed E-state index contributed by atoms with van der Waals surface area (Å²) in [4.78, 5) is 11.4. The zero-order valence-electron chi connectivity index (χ0n) is 6.81. The van der Waals surface area contributed by atoms with Gasteiger partial charge in [0.25, 0.3) is 0 Å². The van der Waals surface area contributed by atoms with Gasteiger partial charge in [0.2, 0.25) is 0 Å². The van der Waals surface area contributed by atoms with E-state index in [2.05, 4.69) is 78.0 Å². The Labute approximate surface area is 126 Å². The third-order valence-electron chi connectivity index (χ3n) is 1.42.